The molecule has 0 N–H and O–H groups in total. The molecule has 0 amide bonds. The second kappa shape index (κ2) is 7.22. The quantitative estimate of drug-likeness (QED) is 0.599. The highest BCUT2D eigenvalue weighted by molar-refractivity contribution is 6.01. The van der Waals surface area contributed by atoms with Gasteiger partial charge in [-0.2, -0.15) is 0 Å². The zero-order valence-electron chi connectivity index (χ0n) is 14.6. The average molecular weight is 332 g/mol. The van der Waals surface area contributed by atoms with Crippen molar-refractivity contribution < 1.29 is 14.3 Å². The molecule has 126 valence electrons. The third-order valence-corrected chi connectivity index (χ3v) is 4.18. The Labute approximate surface area is 147 Å². The molecule has 0 spiro atoms. The summed E-state index contributed by atoms with van der Waals surface area (Å²) in [6, 6.07) is 21.5. The molecule has 0 heterocycles. The SMILES string of the molecule is COc1cccc(-c2ccc(C(C)=O)c(-c3cccc(OC)c3)c2)c1. The number of hydrogen-bond acceptors (Lipinski definition) is 3. The van der Waals surface area contributed by atoms with Crippen LogP contribution >= 0.6 is 0 Å². The molecule has 0 aliphatic carbocycles. The number of methoxy groups -OCH3 is 2. The second-order valence-corrected chi connectivity index (χ2v) is 5.78. The lowest BCUT2D eigenvalue weighted by Crippen LogP contribution is -1.97. The Balaban J connectivity index is 2.16. The van der Waals surface area contributed by atoms with E-state index >= 15 is 0 Å². The van der Waals surface area contributed by atoms with Crippen molar-refractivity contribution in [2.45, 2.75) is 6.92 Å². The standard InChI is InChI=1S/C22H20O3/c1-15(23)21-11-10-17(16-6-4-8-19(12-16)24-2)14-22(21)18-7-5-9-20(13-18)25-3/h4-14H,1-3H3. The van der Waals surface area contributed by atoms with Crippen molar-refractivity contribution in [3.63, 3.8) is 0 Å². The molecule has 0 unspecified atom stereocenters. The Morgan fingerprint density at radius 2 is 1.28 bits per heavy atom. The number of rotatable bonds is 5. The highest BCUT2D eigenvalue weighted by Gasteiger charge is 2.12. The summed E-state index contributed by atoms with van der Waals surface area (Å²) in [5.74, 6) is 1.60. The van der Waals surface area contributed by atoms with Gasteiger partial charge in [-0.3, -0.25) is 4.79 Å². The molecule has 0 aliphatic rings. The van der Waals surface area contributed by atoms with E-state index in [1.165, 1.54) is 0 Å². The topological polar surface area (TPSA) is 35.5 Å². The molecule has 3 aromatic rings. The molecule has 3 aromatic carbocycles. The molecule has 3 heteroatoms. The molecular formula is C22H20O3. The fraction of sp³-hybridized carbons (Fsp3) is 0.136. The minimum absolute atomic E-state index is 0.0370. The van der Waals surface area contributed by atoms with Crippen LogP contribution < -0.4 is 9.47 Å². The maximum atomic E-state index is 12.1. The number of hydrogen-bond donors (Lipinski definition) is 0. The van der Waals surface area contributed by atoms with Crippen molar-refractivity contribution in [2.75, 3.05) is 14.2 Å². The van der Waals surface area contributed by atoms with Crippen molar-refractivity contribution in [3.05, 3.63) is 72.3 Å². The zero-order valence-corrected chi connectivity index (χ0v) is 14.6. The second-order valence-electron chi connectivity index (χ2n) is 5.78. The highest BCUT2D eigenvalue weighted by Crippen LogP contribution is 2.32. The fourth-order valence-corrected chi connectivity index (χ4v) is 2.86. The van der Waals surface area contributed by atoms with Gasteiger partial charge in [0.2, 0.25) is 0 Å². The number of carbonyl (C=O) groups is 1. The van der Waals surface area contributed by atoms with Crippen LogP contribution in [0.4, 0.5) is 0 Å². The fourth-order valence-electron chi connectivity index (χ4n) is 2.86. The average Bonchev–Trinajstić information content (AvgIpc) is 2.67. The first-order valence-corrected chi connectivity index (χ1v) is 8.06. The van der Waals surface area contributed by atoms with Gasteiger partial charge in [0, 0.05) is 5.56 Å². The van der Waals surface area contributed by atoms with Gasteiger partial charge in [-0.15, -0.1) is 0 Å². The van der Waals surface area contributed by atoms with E-state index in [-0.39, 0.29) is 5.78 Å². The van der Waals surface area contributed by atoms with E-state index < -0.39 is 0 Å². The van der Waals surface area contributed by atoms with Crippen LogP contribution in [0, 0.1) is 0 Å². The van der Waals surface area contributed by atoms with Crippen molar-refractivity contribution in [1.29, 1.82) is 0 Å². The first-order valence-electron chi connectivity index (χ1n) is 8.06. The number of ether oxygens (including phenoxy) is 2. The predicted molar refractivity (Wildman–Crippen MR) is 100 cm³/mol. The Bertz CT molecular complexity index is 913. The van der Waals surface area contributed by atoms with Crippen LogP contribution in [-0.2, 0) is 0 Å². The van der Waals surface area contributed by atoms with E-state index in [4.69, 9.17) is 9.47 Å². The van der Waals surface area contributed by atoms with Crippen molar-refractivity contribution in [3.8, 4) is 33.8 Å². The van der Waals surface area contributed by atoms with Crippen molar-refractivity contribution in [2.24, 2.45) is 0 Å². The molecule has 0 aromatic heterocycles. The van der Waals surface area contributed by atoms with Crippen molar-refractivity contribution >= 4 is 5.78 Å². The molecule has 0 atom stereocenters. The molecule has 0 saturated heterocycles. The summed E-state index contributed by atoms with van der Waals surface area (Å²) in [6.07, 6.45) is 0. The van der Waals surface area contributed by atoms with E-state index in [1.807, 2.05) is 66.7 Å². The summed E-state index contributed by atoms with van der Waals surface area (Å²) in [4.78, 5) is 12.1. The molecule has 0 fully saturated rings. The minimum atomic E-state index is 0.0370. The van der Waals surface area contributed by atoms with Crippen LogP contribution in [0.5, 0.6) is 11.5 Å². The van der Waals surface area contributed by atoms with Gasteiger partial charge in [0.15, 0.2) is 5.78 Å². The van der Waals surface area contributed by atoms with Gasteiger partial charge < -0.3 is 9.47 Å². The Morgan fingerprint density at radius 1 is 0.720 bits per heavy atom. The molecule has 0 bridgehead atoms. The molecule has 0 radical (unpaired) electrons. The summed E-state index contributed by atoms with van der Waals surface area (Å²) in [7, 11) is 3.29. The van der Waals surface area contributed by atoms with Gasteiger partial charge in [0.25, 0.3) is 0 Å². The summed E-state index contributed by atoms with van der Waals surface area (Å²) in [5.41, 5.74) is 4.61. The molecule has 0 aliphatic heterocycles. The maximum absolute atomic E-state index is 12.1. The minimum Gasteiger partial charge on any atom is -0.497 e. The van der Waals surface area contributed by atoms with Gasteiger partial charge in [-0.25, -0.2) is 0 Å². The van der Waals surface area contributed by atoms with Gasteiger partial charge in [0.05, 0.1) is 14.2 Å². The Kier molecular flexibility index (Phi) is 4.85. The lowest BCUT2D eigenvalue weighted by molar-refractivity contribution is 0.101. The van der Waals surface area contributed by atoms with Crippen LogP contribution in [0.3, 0.4) is 0 Å². The van der Waals surface area contributed by atoms with Gasteiger partial charge >= 0.3 is 0 Å². The number of Topliss-reactive ketones (excluding diaryl/α,β-unsaturated/α-hetero) is 1. The summed E-state index contributed by atoms with van der Waals surface area (Å²) in [6.45, 7) is 1.59. The van der Waals surface area contributed by atoms with Crippen LogP contribution in [0.1, 0.15) is 17.3 Å². The first-order chi connectivity index (χ1) is 12.1. The van der Waals surface area contributed by atoms with Gasteiger partial charge in [-0.05, 0) is 59.5 Å². The van der Waals surface area contributed by atoms with Crippen molar-refractivity contribution in [1.82, 2.24) is 0 Å². The highest BCUT2D eigenvalue weighted by atomic mass is 16.5. The summed E-state index contributed by atoms with van der Waals surface area (Å²) >= 11 is 0. The van der Waals surface area contributed by atoms with Gasteiger partial charge in [0.1, 0.15) is 11.5 Å². The monoisotopic (exact) mass is 332 g/mol. The van der Waals surface area contributed by atoms with E-state index in [2.05, 4.69) is 0 Å². The first kappa shape index (κ1) is 16.8. The number of carbonyl (C=O) groups excluding carboxylic acids is 1. The Hall–Kier alpha value is -3.07. The van der Waals surface area contributed by atoms with Gasteiger partial charge in [-0.1, -0.05) is 36.4 Å². The zero-order chi connectivity index (χ0) is 17.8. The third-order valence-electron chi connectivity index (χ3n) is 4.18. The van der Waals surface area contributed by atoms with Crippen LogP contribution in [0.25, 0.3) is 22.3 Å². The van der Waals surface area contributed by atoms with E-state index in [0.29, 0.717) is 5.56 Å². The summed E-state index contributed by atoms with van der Waals surface area (Å²) in [5, 5.41) is 0. The molecule has 3 nitrogen and oxygen atoms in total. The lowest BCUT2D eigenvalue weighted by Gasteiger charge is -2.12. The number of ketones is 1. The lowest BCUT2D eigenvalue weighted by atomic mass is 9.93. The molecule has 0 saturated carbocycles. The third kappa shape index (κ3) is 3.56. The number of benzene rings is 3. The molecular weight excluding hydrogens is 312 g/mol. The van der Waals surface area contributed by atoms with E-state index in [0.717, 1.165) is 33.8 Å². The van der Waals surface area contributed by atoms with Crippen LogP contribution in [-0.4, -0.2) is 20.0 Å². The van der Waals surface area contributed by atoms with Crippen LogP contribution in [0.2, 0.25) is 0 Å². The smallest absolute Gasteiger partial charge is 0.160 e. The predicted octanol–water partition coefficient (Wildman–Crippen LogP) is 5.24. The summed E-state index contributed by atoms with van der Waals surface area (Å²) < 4.78 is 10.6. The Morgan fingerprint density at radius 3 is 1.88 bits per heavy atom. The van der Waals surface area contributed by atoms with Crippen LogP contribution in [0.15, 0.2) is 66.7 Å². The molecule has 25 heavy (non-hydrogen) atoms. The largest absolute Gasteiger partial charge is 0.497 e. The maximum Gasteiger partial charge on any atom is 0.160 e. The van der Waals surface area contributed by atoms with E-state index in [9.17, 15) is 4.79 Å². The molecule has 3 rings (SSSR count). The van der Waals surface area contributed by atoms with E-state index in [1.54, 1.807) is 21.1 Å². The normalized spacial score (nSPS) is 10.4.